The number of hydrogen-bond acceptors (Lipinski definition) is 5. The Hall–Kier alpha value is -2.56. The lowest BCUT2D eigenvalue weighted by Gasteiger charge is -2.03. The number of carbonyl (C=O) groups excluding carboxylic acids is 2. The summed E-state index contributed by atoms with van der Waals surface area (Å²) in [6.45, 7) is 5.81. The molecule has 0 aliphatic heterocycles. The maximum Gasteiger partial charge on any atom is 0.340 e. The van der Waals surface area contributed by atoms with Crippen LogP contribution in [0.2, 0.25) is 0 Å². The van der Waals surface area contributed by atoms with E-state index in [1.54, 1.807) is 19.9 Å². The van der Waals surface area contributed by atoms with Gasteiger partial charge in [-0.2, -0.15) is 0 Å². The molecule has 0 radical (unpaired) electrons. The lowest BCUT2D eigenvalue weighted by atomic mass is 10.1. The lowest BCUT2D eigenvalue weighted by molar-refractivity contribution is 0.0525. The predicted molar refractivity (Wildman–Crippen MR) is 84.1 cm³/mol. The highest BCUT2D eigenvalue weighted by atomic mass is 16.5. The third-order valence-corrected chi connectivity index (χ3v) is 3.32. The van der Waals surface area contributed by atoms with Crippen molar-refractivity contribution in [3.05, 3.63) is 41.0 Å². The first-order valence-electron chi connectivity index (χ1n) is 7.17. The Morgan fingerprint density at radius 1 is 1.00 bits per heavy atom. The smallest absolute Gasteiger partial charge is 0.340 e. The largest absolute Gasteiger partial charge is 0.462 e. The minimum Gasteiger partial charge on any atom is -0.462 e. The normalized spacial score (nSPS) is 10.5. The van der Waals surface area contributed by atoms with Gasteiger partial charge in [0, 0.05) is 0 Å². The monoisotopic (exact) mass is 301 g/mol. The first-order valence-corrected chi connectivity index (χ1v) is 7.17. The van der Waals surface area contributed by atoms with Crippen molar-refractivity contribution in [1.29, 1.82) is 0 Å². The molecule has 0 amide bonds. The van der Waals surface area contributed by atoms with Crippen LogP contribution < -0.4 is 5.73 Å². The second-order valence-electron chi connectivity index (χ2n) is 4.85. The van der Waals surface area contributed by atoms with Gasteiger partial charge < -0.3 is 15.2 Å². The van der Waals surface area contributed by atoms with E-state index in [0.29, 0.717) is 11.1 Å². The molecule has 0 saturated heterocycles. The van der Waals surface area contributed by atoms with Gasteiger partial charge in [-0.15, -0.1) is 0 Å². The molecule has 0 bridgehead atoms. The molecule has 0 unspecified atom stereocenters. The summed E-state index contributed by atoms with van der Waals surface area (Å²) in [4.78, 5) is 24.4. The van der Waals surface area contributed by atoms with Gasteiger partial charge in [0.2, 0.25) is 0 Å². The summed E-state index contributed by atoms with van der Waals surface area (Å²) in [6.07, 6.45) is 0. The van der Waals surface area contributed by atoms with E-state index in [-0.39, 0.29) is 30.0 Å². The molecular formula is C17H19NO4. The van der Waals surface area contributed by atoms with Crippen LogP contribution in [-0.4, -0.2) is 25.2 Å². The SMILES string of the molecule is CCOC(=O)c1c2cccc(C)cc-2c(C(=O)OCC)c1N. The Morgan fingerprint density at radius 2 is 1.55 bits per heavy atom. The number of ether oxygens (including phenoxy) is 2. The zero-order chi connectivity index (χ0) is 16.3. The average Bonchev–Trinajstić information content (AvgIpc) is 2.59. The minimum absolute atomic E-state index is 0.109. The molecule has 2 aliphatic rings. The van der Waals surface area contributed by atoms with E-state index in [1.807, 2.05) is 25.1 Å². The topological polar surface area (TPSA) is 78.6 Å². The van der Waals surface area contributed by atoms with E-state index in [9.17, 15) is 9.59 Å². The van der Waals surface area contributed by atoms with E-state index in [0.717, 1.165) is 5.56 Å². The summed E-state index contributed by atoms with van der Waals surface area (Å²) in [7, 11) is 0. The summed E-state index contributed by atoms with van der Waals surface area (Å²) in [6, 6.07) is 7.28. The molecule has 0 heterocycles. The van der Waals surface area contributed by atoms with E-state index in [1.165, 1.54) is 0 Å². The first kappa shape index (κ1) is 15.8. The Labute approximate surface area is 129 Å². The van der Waals surface area contributed by atoms with Crippen LogP contribution in [0.4, 0.5) is 5.69 Å². The van der Waals surface area contributed by atoms with Crippen LogP contribution in [-0.2, 0) is 9.47 Å². The van der Waals surface area contributed by atoms with Gasteiger partial charge in [-0.3, -0.25) is 0 Å². The molecule has 0 saturated carbocycles. The van der Waals surface area contributed by atoms with Crippen LogP contribution in [0.15, 0.2) is 24.3 Å². The van der Waals surface area contributed by atoms with Gasteiger partial charge in [-0.25, -0.2) is 9.59 Å². The fourth-order valence-electron chi connectivity index (χ4n) is 2.43. The number of aryl methyl sites for hydroxylation is 1. The number of esters is 2. The third kappa shape index (κ3) is 2.74. The maximum atomic E-state index is 12.2. The summed E-state index contributed by atoms with van der Waals surface area (Å²) >= 11 is 0. The number of carbonyl (C=O) groups is 2. The second kappa shape index (κ2) is 6.47. The molecule has 5 heteroatoms. The van der Waals surface area contributed by atoms with Crippen molar-refractivity contribution in [2.24, 2.45) is 0 Å². The summed E-state index contributed by atoms with van der Waals surface area (Å²) in [5, 5.41) is 0. The van der Waals surface area contributed by atoms with Gasteiger partial charge in [0.25, 0.3) is 0 Å². The highest BCUT2D eigenvalue weighted by molar-refractivity contribution is 6.15. The molecule has 0 spiro atoms. The van der Waals surface area contributed by atoms with E-state index < -0.39 is 11.9 Å². The van der Waals surface area contributed by atoms with Crippen molar-refractivity contribution >= 4 is 17.6 Å². The average molecular weight is 301 g/mol. The Balaban J connectivity index is 2.74. The van der Waals surface area contributed by atoms with Crippen molar-refractivity contribution in [2.75, 3.05) is 18.9 Å². The van der Waals surface area contributed by atoms with Gasteiger partial charge in [-0.1, -0.05) is 29.8 Å². The summed E-state index contributed by atoms with van der Waals surface area (Å²) in [5.41, 5.74) is 8.75. The van der Waals surface area contributed by atoms with Gasteiger partial charge in [0.15, 0.2) is 0 Å². The first-order chi connectivity index (χ1) is 10.5. The Morgan fingerprint density at radius 3 is 2.09 bits per heavy atom. The second-order valence-corrected chi connectivity index (χ2v) is 4.85. The molecule has 0 fully saturated rings. The highest BCUT2D eigenvalue weighted by Crippen LogP contribution is 2.39. The van der Waals surface area contributed by atoms with E-state index in [4.69, 9.17) is 15.2 Å². The zero-order valence-corrected chi connectivity index (χ0v) is 12.9. The van der Waals surface area contributed by atoms with Gasteiger partial charge in [-0.05, 0) is 31.9 Å². The summed E-state index contributed by atoms with van der Waals surface area (Å²) < 4.78 is 10.1. The third-order valence-electron chi connectivity index (χ3n) is 3.32. The van der Waals surface area contributed by atoms with Crippen LogP contribution in [0.5, 0.6) is 0 Å². The van der Waals surface area contributed by atoms with E-state index >= 15 is 0 Å². The predicted octanol–water partition coefficient (Wildman–Crippen LogP) is 3.04. The number of rotatable bonds is 4. The number of nitrogen functional groups attached to an aromatic ring is 1. The number of anilines is 1. The number of hydrogen-bond donors (Lipinski definition) is 1. The number of fused-ring (bicyclic) bond motifs is 1. The molecule has 116 valence electrons. The van der Waals surface area contributed by atoms with Crippen LogP contribution >= 0.6 is 0 Å². The Kier molecular flexibility index (Phi) is 4.65. The molecule has 0 aromatic heterocycles. The fraction of sp³-hybridized carbons (Fsp3) is 0.294. The summed E-state index contributed by atoms with van der Waals surface area (Å²) in [5.74, 6) is -1.07. The molecule has 0 atom stereocenters. The van der Waals surface area contributed by atoms with Gasteiger partial charge in [0.05, 0.1) is 30.0 Å². The molecule has 0 aromatic rings. The molecule has 22 heavy (non-hydrogen) atoms. The molecule has 5 nitrogen and oxygen atoms in total. The zero-order valence-electron chi connectivity index (χ0n) is 12.9. The molecule has 0 aromatic carbocycles. The fourth-order valence-corrected chi connectivity index (χ4v) is 2.43. The lowest BCUT2D eigenvalue weighted by Crippen LogP contribution is -2.09. The number of nitrogens with two attached hydrogens (primary N) is 1. The molecule has 2 N–H and O–H groups in total. The quantitative estimate of drug-likeness (QED) is 0.878. The van der Waals surface area contributed by atoms with Crippen LogP contribution in [0.25, 0.3) is 11.1 Å². The molecule has 2 rings (SSSR count). The van der Waals surface area contributed by atoms with E-state index in [2.05, 4.69) is 0 Å². The standard InChI is InChI=1S/C17H19NO4/c1-4-21-16(19)13-11-8-6-7-10(3)9-12(11)14(15(13)18)17(20)22-5-2/h6-9H,4-5,18H2,1-3H3. The van der Waals surface area contributed by atoms with Crippen LogP contribution in [0.1, 0.15) is 40.1 Å². The van der Waals surface area contributed by atoms with Crippen molar-refractivity contribution < 1.29 is 19.1 Å². The van der Waals surface area contributed by atoms with Gasteiger partial charge in [0.1, 0.15) is 0 Å². The van der Waals surface area contributed by atoms with Crippen molar-refractivity contribution in [1.82, 2.24) is 0 Å². The maximum absolute atomic E-state index is 12.2. The molecular weight excluding hydrogens is 282 g/mol. The van der Waals surface area contributed by atoms with Crippen LogP contribution in [0.3, 0.4) is 0 Å². The van der Waals surface area contributed by atoms with Crippen LogP contribution in [0, 0.1) is 6.92 Å². The van der Waals surface area contributed by atoms with Crippen molar-refractivity contribution in [2.45, 2.75) is 20.8 Å². The van der Waals surface area contributed by atoms with Gasteiger partial charge >= 0.3 is 11.9 Å². The minimum atomic E-state index is -0.538. The Bertz CT molecular complexity index is 694. The molecule has 2 aliphatic carbocycles. The highest BCUT2D eigenvalue weighted by Gasteiger charge is 2.30. The van der Waals surface area contributed by atoms with Crippen molar-refractivity contribution in [3.63, 3.8) is 0 Å². The van der Waals surface area contributed by atoms with Crippen molar-refractivity contribution in [3.8, 4) is 11.1 Å².